The molecule has 0 bridgehead atoms. The van der Waals surface area contributed by atoms with Gasteiger partial charge in [-0.15, -0.1) is 0 Å². The molecule has 0 aromatic carbocycles. The van der Waals surface area contributed by atoms with E-state index >= 15 is 0 Å². The first-order chi connectivity index (χ1) is 6.54. The molecule has 0 aliphatic carbocycles. The fourth-order valence-electron chi connectivity index (χ4n) is 0.880. The monoisotopic (exact) mass is 237 g/mol. The van der Waals surface area contributed by atoms with E-state index in [0.717, 1.165) is 4.31 Å². The van der Waals surface area contributed by atoms with E-state index in [0.29, 0.717) is 6.42 Å². The number of carboxylic acids is 1. The normalized spacial score (nSPS) is 13.1. The van der Waals surface area contributed by atoms with Crippen LogP contribution in [0.15, 0.2) is 0 Å². The minimum absolute atomic E-state index is 0.0136. The maximum absolute atomic E-state index is 11.6. The van der Waals surface area contributed by atoms with Crippen molar-refractivity contribution in [1.82, 2.24) is 4.31 Å². The molecule has 0 radical (unpaired) electrons. The zero-order chi connectivity index (χ0) is 12.3. The molecule has 0 aromatic heterocycles. The highest BCUT2D eigenvalue weighted by molar-refractivity contribution is 7.89. The van der Waals surface area contributed by atoms with Crippen molar-refractivity contribution < 1.29 is 18.3 Å². The van der Waals surface area contributed by atoms with Crippen molar-refractivity contribution in [3.63, 3.8) is 0 Å². The Labute approximate surface area is 91.1 Å². The summed E-state index contributed by atoms with van der Waals surface area (Å²) in [6, 6.07) is 0. The molecule has 1 N–H and O–H groups in total. The van der Waals surface area contributed by atoms with Crippen LogP contribution in [0.2, 0.25) is 0 Å². The first kappa shape index (κ1) is 14.4. The molecule has 0 aromatic rings. The second kappa shape index (κ2) is 4.94. The van der Waals surface area contributed by atoms with E-state index in [-0.39, 0.29) is 11.2 Å². The van der Waals surface area contributed by atoms with Crippen LogP contribution in [0, 0.1) is 5.41 Å². The Morgan fingerprint density at radius 2 is 1.80 bits per heavy atom. The van der Waals surface area contributed by atoms with Gasteiger partial charge in [0.2, 0.25) is 10.0 Å². The standard InChI is InChI=1S/C9H19NO4S/c1-9(2,3)5-6-15(13,14)10(4)7-8(11)12/h5-7H2,1-4H3,(H,11,12). The lowest BCUT2D eigenvalue weighted by atomic mass is 9.94. The quantitative estimate of drug-likeness (QED) is 0.766. The second-order valence-corrected chi connectivity index (χ2v) is 6.97. The predicted molar refractivity (Wildman–Crippen MR) is 58.1 cm³/mol. The van der Waals surface area contributed by atoms with Crippen molar-refractivity contribution >= 4 is 16.0 Å². The van der Waals surface area contributed by atoms with Crippen LogP contribution in [0.5, 0.6) is 0 Å². The number of carbonyl (C=O) groups is 1. The SMILES string of the molecule is CN(CC(=O)O)S(=O)(=O)CCC(C)(C)C. The summed E-state index contributed by atoms with van der Waals surface area (Å²) >= 11 is 0. The van der Waals surface area contributed by atoms with Gasteiger partial charge in [0.15, 0.2) is 0 Å². The maximum Gasteiger partial charge on any atom is 0.318 e. The average molecular weight is 237 g/mol. The molecule has 15 heavy (non-hydrogen) atoms. The summed E-state index contributed by atoms with van der Waals surface area (Å²) in [5, 5.41) is 8.47. The summed E-state index contributed by atoms with van der Waals surface area (Å²) in [6.45, 7) is 5.35. The number of rotatable bonds is 5. The molecule has 0 saturated heterocycles. The van der Waals surface area contributed by atoms with E-state index in [4.69, 9.17) is 5.11 Å². The molecule has 0 rings (SSSR count). The molecule has 0 saturated carbocycles. The van der Waals surface area contributed by atoms with Gasteiger partial charge in [-0.25, -0.2) is 8.42 Å². The van der Waals surface area contributed by atoms with E-state index in [1.807, 2.05) is 20.8 Å². The Hall–Kier alpha value is -0.620. The molecule has 0 aliphatic heterocycles. The van der Waals surface area contributed by atoms with Crippen LogP contribution in [0.3, 0.4) is 0 Å². The largest absolute Gasteiger partial charge is 0.480 e. The Bertz CT molecular complexity index is 315. The molecule has 0 fully saturated rings. The van der Waals surface area contributed by atoms with Crippen LogP contribution in [-0.4, -0.2) is 43.1 Å². The third kappa shape index (κ3) is 6.46. The molecule has 0 heterocycles. The molecule has 90 valence electrons. The number of sulfonamides is 1. The lowest BCUT2D eigenvalue weighted by Crippen LogP contribution is -2.34. The van der Waals surface area contributed by atoms with Crippen LogP contribution < -0.4 is 0 Å². The lowest BCUT2D eigenvalue weighted by molar-refractivity contribution is -0.137. The molecule has 6 heteroatoms. The van der Waals surface area contributed by atoms with Gasteiger partial charge in [0, 0.05) is 7.05 Å². The Kier molecular flexibility index (Phi) is 4.73. The minimum Gasteiger partial charge on any atom is -0.480 e. The number of aliphatic carboxylic acids is 1. The summed E-state index contributed by atoms with van der Waals surface area (Å²) in [5.74, 6) is -1.16. The number of hydrogen-bond donors (Lipinski definition) is 1. The van der Waals surface area contributed by atoms with Gasteiger partial charge in [-0.05, 0) is 11.8 Å². The van der Waals surface area contributed by atoms with Gasteiger partial charge < -0.3 is 5.11 Å². The third-order valence-corrected chi connectivity index (χ3v) is 3.74. The summed E-state index contributed by atoms with van der Waals surface area (Å²) in [7, 11) is -2.15. The van der Waals surface area contributed by atoms with E-state index in [2.05, 4.69) is 0 Å². The van der Waals surface area contributed by atoms with Crippen molar-refractivity contribution in [2.24, 2.45) is 5.41 Å². The summed E-state index contributed by atoms with van der Waals surface area (Å²) < 4.78 is 24.0. The zero-order valence-electron chi connectivity index (χ0n) is 9.65. The Morgan fingerprint density at radius 3 is 2.13 bits per heavy atom. The number of carboxylic acid groups (broad SMARTS) is 1. The van der Waals surface area contributed by atoms with Gasteiger partial charge in [-0.2, -0.15) is 4.31 Å². The van der Waals surface area contributed by atoms with Crippen molar-refractivity contribution in [3.8, 4) is 0 Å². The Balaban J connectivity index is 4.37. The van der Waals surface area contributed by atoms with E-state index < -0.39 is 22.5 Å². The molecule has 0 unspecified atom stereocenters. The van der Waals surface area contributed by atoms with Crippen LogP contribution >= 0.6 is 0 Å². The summed E-state index contributed by atoms with van der Waals surface area (Å²) in [6.07, 6.45) is 0.513. The first-order valence-electron chi connectivity index (χ1n) is 4.70. The number of likely N-dealkylation sites (N-methyl/N-ethyl adjacent to an activating group) is 1. The fraction of sp³-hybridized carbons (Fsp3) is 0.889. The van der Waals surface area contributed by atoms with Gasteiger partial charge in [-0.1, -0.05) is 20.8 Å². The highest BCUT2D eigenvalue weighted by atomic mass is 32.2. The zero-order valence-corrected chi connectivity index (χ0v) is 10.5. The third-order valence-electron chi connectivity index (χ3n) is 1.94. The van der Waals surface area contributed by atoms with Crippen molar-refractivity contribution in [2.75, 3.05) is 19.3 Å². The average Bonchev–Trinajstić information content (AvgIpc) is 1.98. The minimum atomic E-state index is -3.44. The van der Waals surface area contributed by atoms with Crippen molar-refractivity contribution in [3.05, 3.63) is 0 Å². The van der Waals surface area contributed by atoms with Crippen LogP contribution in [0.25, 0.3) is 0 Å². The van der Waals surface area contributed by atoms with Gasteiger partial charge in [0.05, 0.1) is 5.75 Å². The Morgan fingerprint density at radius 1 is 1.33 bits per heavy atom. The van der Waals surface area contributed by atoms with Crippen molar-refractivity contribution in [1.29, 1.82) is 0 Å². The van der Waals surface area contributed by atoms with Crippen LogP contribution in [-0.2, 0) is 14.8 Å². The van der Waals surface area contributed by atoms with Gasteiger partial charge in [0.25, 0.3) is 0 Å². The highest BCUT2D eigenvalue weighted by Crippen LogP contribution is 2.19. The maximum atomic E-state index is 11.6. The van der Waals surface area contributed by atoms with Crippen molar-refractivity contribution in [2.45, 2.75) is 27.2 Å². The first-order valence-corrected chi connectivity index (χ1v) is 6.31. The van der Waals surface area contributed by atoms with E-state index in [1.54, 1.807) is 0 Å². The van der Waals surface area contributed by atoms with Crippen LogP contribution in [0.1, 0.15) is 27.2 Å². The van der Waals surface area contributed by atoms with E-state index in [1.165, 1.54) is 7.05 Å². The smallest absolute Gasteiger partial charge is 0.318 e. The molecular formula is C9H19NO4S. The summed E-state index contributed by atoms with van der Waals surface area (Å²) in [4.78, 5) is 10.4. The highest BCUT2D eigenvalue weighted by Gasteiger charge is 2.22. The van der Waals surface area contributed by atoms with Gasteiger partial charge in [-0.3, -0.25) is 4.79 Å². The van der Waals surface area contributed by atoms with E-state index in [9.17, 15) is 13.2 Å². The molecule has 0 aliphatic rings. The molecule has 0 atom stereocenters. The number of hydrogen-bond acceptors (Lipinski definition) is 3. The molecule has 0 spiro atoms. The molecule has 0 amide bonds. The second-order valence-electron chi connectivity index (χ2n) is 4.78. The van der Waals surface area contributed by atoms with Gasteiger partial charge >= 0.3 is 5.97 Å². The lowest BCUT2D eigenvalue weighted by Gasteiger charge is -2.20. The van der Waals surface area contributed by atoms with Gasteiger partial charge in [0.1, 0.15) is 6.54 Å². The number of nitrogens with zero attached hydrogens (tertiary/aromatic N) is 1. The molecule has 5 nitrogen and oxygen atoms in total. The fourth-order valence-corrected chi connectivity index (χ4v) is 2.37. The summed E-state index contributed by atoms with van der Waals surface area (Å²) in [5.41, 5.74) is -0.0723. The topological polar surface area (TPSA) is 74.7 Å². The molecular weight excluding hydrogens is 218 g/mol. The van der Waals surface area contributed by atoms with Crippen LogP contribution in [0.4, 0.5) is 0 Å². The predicted octanol–water partition coefficient (Wildman–Crippen LogP) is 0.769.